The van der Waals surface area contributed by atoms with Gasteiger partial charge >= 0.3 is 12.1 Å². The number of carboxylic acid groups (broad SMARTS) is 1. The number of carbonyl (C=O) groups is 2. The van der Waals surface area contributed by atoms with E-state index in [2.05, 4.69) is 20.5 Å². The van der Waals surface area contributed by atoms with Crippen LogP contribution < -0.4 is 21.5 Å². The molecule has 0 atom stereocenters. The van der Waals surface area contributed by atoms with E-state index in [4.69, 9.17) is 21.3 Å². The van der Waals surface area contributed by atoms with E-state index in [9.17, 15) is 9.59 Å². The first-order valence-electron chi connectivity index (χ1n) is 6.66. The largest absolute Gasteiger partial charge is 0.480 e. The Kier molecular flexibility index (Phi) is 5.24. The van der Waals surface area contributed by atoms with Gasteiger partial charge < -0.3 is 26.6 Å². The van der Waals surface area contributed by atoms with Crippen molar-refractivity contribution < 1.29 is 19.4 Å². The van der Waals surface area contributed by atoms with Crippen molar-refractivity contribution in [3.8, 4) is 5.75 Å². The lowest BCUT2D eigenvalue weighted by molar-refractivity contribution is -0.135. The number of hydrogen-bond acceptors (Lipinski definition) is 8. The molecule has 0 spiro atoms. The van der Waals surface area contributed by atoms with E-state index >= 15 is 0 Å². The van der Waals surface area contributed by atoms with Gasteiger partial charge in [-0.2, -0.15) is 0 Å². The summed E-state index contributed by atoms with van der Waals surface area (Å²) < 4.78 is 5.00. The fourth-order valence-corrected chi connectivity index (χ4v) is 1.59. The number of para-hydroxylation sites is 1. The van der Waals surface area contributed by atoms with Crippen molar-refractivity contribution in [1.82, 2.24) is 10.3 Å². The zero-order valence-corrected chi connectivity index (χ0v) is 12.3. The summed E-state index contributed by atoms with van der Waals surface area (Å²) in [5, 5.41) is 18.5. The first-order valence-corrected chi connectivity index (χ1v) is 6.66. The van der Waals surface area contributed by atoms with Gasteiger partial charge in [0.15, 0.2) is 11.6 Å². The first-order chi connectivity index (χ1) is 11.5. The normalized spacial score (nSPS) is 10.5. The molecule has 1 amide bonds. The van der Waals surface area contributed by atoms with Crippen molar-refractivity contribution in [3.63, 3.8) is 0 Å². The Morgan fingerprint density at radius 2 is 1.83 bits per heavy atom. The monoisotopic (exact) mass is 330 g/mol. The van der Waals surface area contributed by atoms with E-state index in [1.54, 1.807) is 24.3 Å². The summed E-state index contributed by atoms with van der Waals surface area (Å²) in [5.74, 6) is -0.723. The Labute approximate surface area is 136 Å². The molecule has 2 aromatic rings. The van der Waals surface area contributed by atoms with Crippen LogP contribution in [0.3, 0.4) is 0 Å². The van der Waals surface area contributed by atoms with Crippen LogP contribution in [-0.4, -0.2) is 28.7 Å². The fourth-order valence-electron chi connectivity index (χ4n) is 1.59. The number of nitrogens with two attached hydrogens (primary N) is 2. The van der Waals surface area contributed by atoms with Crippen LogP contribution >= 0.6 is 0 Å². The van der Waals surface area contributed by atoms with Crippen LogP contribution in [0.25, 0.3) is 0 Å². The van der Waals surface area contributed by atoms with Crippen LogP contribution in [0.5, 0.6) is 5.75 Å². The van der Waals surface area contributed by atoms with E-state index in [1.807, 2.05) is 0 Å². The van der Waals surface area contributed by atoms with Crippen LogP contribution in [0.1, 0.15) is 0 Å². The van der Waals surface area contributed by atoms with Crippen molar-refractivity contribution in [2.75, 3.05) is 18.0 Å². The first kappa shape index (κ1) is 16.7. The molecule has 0 aliphatic rings. The number of carboxylic acids is 1. The van der Waals surface area contributed by atoms with Gasteiger partial charge in [0.25, 0.3) is 0 Å². The molecule has 1 aromatic heterocycles. The minimum atomic E-state index is -1.19. The maximum atomic E-state index is 11.5. The van der Waals surface area contributed by atoms with Gasteiger partial charge in [0.05, 0.1) is 0 Å². The molecule has 1 heterocycles. The number of nitrogens with zero attached hydrogens (tertiary/aromatic N) is 3. The molecule has 10 nitrogen and oxygen atoms in total. The standard InChI is InChI=1S/C14H14N6O4/c15-11-6-5-9(13(16)18-11)20-19-8-3-1-2-4-10(8)24-14(23)17-7-12(21)22/h1-6H,7H2,(H,17,23)(H,21,22)(H4,15,16,18). The van der Waals surface area contributed by atoms with Crippen molar-refractivity contribution in [1.29, 1.82) is 0 Å². The van der Waals surface area contributed by atoms with Gasteiger partial charge in [-0.3, -0.25) is 4.79 Å². The molecule has 24 heavy (non-hydrogen) atoms. The lowest BCUT2D eigenvalue weighted by Gasteiger charge is -2.06. The van der Waals surface area contributed by atoms with Crippen LogP contribution in [0.4, 0.5) is 27.8 Å². The van der Waals surface area contributed by atoms with Gasteiger partial charge in [-0.15, -0.1) is 10.2 Å². The van der Waals surface area contributed by atoms with Crippen LogP contribution in [-0.2, 0) is 4.79 Å². The van der Waals surface area contributed by atoms with E-state index < -0.39 is 18.6 Å². The summed E-state index contributed by atoms with van der Waals surface area (Å²) >= 11 is 0. The van der Waals surface area contributed by atoms with E-state index in [-0.39, 0.29) is 23.1 Å². The highest BCUT2D eigenvalue weighted by Gasteiger charge is 2.10. The van der Waals surface area contributed by atoms with Crippen LogP contribution in [0.2, 0.25) is 0 Å². The summed E-state index contributed by atoms with van der Waals surface area (Å²) in [6.45, 7) is -0.559. The maximum absolute atomic E-state index is 11.5. The number of carbonyl (C=O) groups excluding carboxylic acids is 1. The average molecular weight is 330 g/mol. The molecule has 0 fully saturated rings. The second-order valence-electron chi connectivity index (χ2n) is 4.45. The molecule has 124 valence electrons. The molecule has 10 heteroatoms. The summed E-state index contributed by atoms with van der Waals surface area (Å²) in [7, 11) is 0. The van der Waals surface area contributed by atoms with Crippen molar-refractivity contribution >= 4 is 35.1 Å². The third-order valence-corrected chi connectivity index (χ3v) is 2.64. The number of amides is 1. The zero-order chi connectivity index (χ0) is 17.5. The number of nitrogen functional groups attached to an aromatic ring is 2. The minimum absolute atomic E-state index is 0.103. The Morgan fingerprint density at radius 3 is 2.54 bits per heavy atom. The van der Waals surface area contributed by atoms with Gasteiger partial charge in [0.1, 0.15) is 23.7 Å². The van der Waals surface area contributed by atoms with E-state index in [1.165, 1.54) is 12.1 Å². The maximum Gasteiger partial charge on any atom is 0.413 e. The van der Waals surface area contributed by atoms with Crippen LogP contribution in [0.15, 0.2) is 46.6 Å². The van der Waals surface area contributed by atoms with Gasteiger partial charge in [0, 0.05) is 0 Å². The van der Waals surface area contributed by atoms with Crippen molar-refractivity contribution in [3.05, 3.63) is 36.4 Å². The Balaban J connectivity index is 2.15. The summed E-state index contributed by atoms with van der Waals surface area (Å²) in [6.07, 6.45) is -0.922. The quantitative estimate of drug-likeness (QED) is 0.607. The van der Waals surface area contributed by atoms with Gasteiger partial charge in [-0.25, -0.2) is 9.78 Å². The van der Waals surface area contributed by atoms with Crippen molar-refractivity contribution in [2.24, 2.45) is 10.2 Å². The number of azo groups is 1. The number of benzene rings is 1. The topological polar surface area (TPSA) is 165 Å². The molecule has 0 bridgehead atoms. The number of hydrogen-bond donors (Lipinski definition) is 4. The third kappa shape index (κ3) is 4.66. The molecule has 1 aromatic carbocycles. The van der Waals surface area contributed by atoms with E-state index in [0.29, 0.717) is 5.69 Å². The smallest absolute Gasteiger partial charge is 0.413 e. The highest BCUT2D eigenvalue weighted by atomic mass is 16.6. The lowest BCUT2D eigenvalue weighted by Crippen LogP contribution is -2.31. The van der Waals surface area contributed by atoms with Gasteiger partial charge in [0.2, 0.25) is 0 Å². The molecule has 0 aliphatic carbocycles. The zero-order valence-electron chi connectivity index (χ0n) is 12.3. The summed E-state index contributed by atoms with van der Waals surface area (Å²) in [6, 6.07) is 9.40. The van der Waals surface area contributed by atoms with E-state index in [0.717, 1.165) is 0 Å². The van der Waals surface area contributed by atoms with Crippen molar-refractivity contribution in [2.45, 2.75) is 0 Å². The molecule has 0 saturated carbocycles. The Hall–Kier alpha value is -3.69. The number of anilines is 2. The Morgan fingerprint density at radius 1 is 1.12 bits per heavy atom. The number of rotatable bonds is 5. The molecule has 0 saturated heterocycles. The number of aromatic nitrogens is 1. The Bertz CT molecular complexity index is 793. The number of nitrogens with one attached hydrogen (secondary N) is 1. The predicted molar refractivity (Wildman–Crippen MR) is 85.3 cm³/mol. The molecule has 6 N–H and O–H groups in total. The number of aliphatic carboxylic acids is 1. The predicted octanol–water partition coefficient (Wildman–Crippen LogP) is 1.83. The summed E-state index contributed by atoms with van der Waals surface area (Å²) in [4.78, 5) is 25.8. The molecular formula is C14H14N6O4. The lowest BCUT2D eigenvalue weighted by atomic mass is 10.3. The average Bonchev–Trinajstić information content (AvgIpc) is 2.53. The second kappa shape index (κ2) is 7.54. The number of pyridine rings is 1. The SMILES string of the molecule is Nc1ccc(N=Nc2ccccc2OC(=O)NCC(=O)O)c(N)n1. The summed E-state index contributed by atoms with van der Waals surface area (Å²) in [5.41, 5.74) is 11.7. The highest BCUT2D eigenvalue weighted by Crippen LogP contribution is 2.30. The molecule has 2 rings (SSSR count). The minimum Gasteiger partial charge on any atom is -0.480 e. The molecular weight excluding hydrogens is 316 g/mol. The van der Waals surface area contributed by atoms with Gasteiger partial charge in [-0.1, -0.05) is 12.1 Å². The highest BCUT2D eigenvalue weighted by molar-refractivity contribution is 5.78. The fraction of sp³-hybridized carbons (Fsp3) is 0.0714. The van der Waals surface area contributed by atoms with Crippen LogP contribution in [0, 0.1) is 0 Å². The molecule has 0 unspecified atom stereocenters. The number of ether oxygens (including phenoxy) is 1. The van der Waals surface area contributed by atoms with Gasteiger partial charge in [-0.05, 0) is 24.3 Å². The third-order valence-electron chi connectivity index (χ3n) is 2.64. The molecule has 0 radical (unpaired) electrons. The second-order valence-corrected chi connectivity index (χ2v) is 4.45. The molecule has 0 aliphatic heterocycles.